The van der Waals surface area contributed by atoms with Crippen LogP contribution in [0.5, 0.6) is 0 Å². The summed E-state index contributed by atoms with van der Waals surface area (Å²) in [5.74, 6) is -0.120. The van der Waals surface area contributed by atoms with Crippen molar-refractivity contribution in [2.45, 2.75) is 20.3 Å². The summed E-state index contributed by atoms with van der Waals surface area (Å²) in [6.07, 6.45) is 3.98. The summed E-state index contributed by atoms with van der Waals surface area (Å²) in [6.45, 7) is 3.70. The fraction of sp³-hybridized carbons (Fsp3) is 0.222. The van der Waals surface area contributed by atoms with E-state index < -0.39 is 5.97 Å². The van der Waals surface area contributed by atoms with Crippen LogP contribution in [-0.2, 0) is 11.8 Å². The fourth-order valence-corrected chi connectivity index (χ4v) is 3.18. The summed E-state index contributed by atoms with van der Waals surface area (Å²) in [4.78, 5) is 11.4. The molecule has 6 heteroatoms. The third kappa shape index (κ3) is 2.61. The van der Waals surface area contributed by atoms with Gasteiger partial charge >= 0.3 is 5.97 Å². The van der Waals surface area contributed by atoms with Crippen LogP contribution in [0.3, 0.4) is 0 Å². The van der Waals surface area contributed by atoms with Gasteiger partial charge in [0.25, 0.3) is 0 Å². The zero-order valence-corrected chi connectivity index (χ0v) is 14.5. The number of hydrogen-bond acceptors (Lipinski definition) is 2. The van der Waals surface area contributed by atoms with Crippen LogP contribution >= 0.6 is 11.6 Å². The second-order valence-electron chi connectivity index (χ2n) is 5.64. The Bertz CT molecular complexity index is 966. The number of carboxylic acids is 1. The lowest BCUT2D eigenvalue weighted by molar-refractivity contribution is -0.132. The van der Waals surface area contributed by atoms with Crippen molar-refractivity contribution in [3.05, 3.63) is 52.3 Å². The van der Waals surface area contributed by atoms with Crippen molar-refractivity contribution in [1.82, 2.24) is 14.3 Å². The molecule has 0 aliphatic rings. The van der Waals surface area contributed by atoms with E-state index in [1.807, 2.05) is 55.9 Å². The molecule has 0 amide bonds. The van der Waals surface area contributed by atoms with Gasteiger partial charge in [-0.3, -0.25) is 9.25 Å². The van der Waals surface area contributed by atoms with Gasteiger partial charge in [0.1, 0.15) is 5.82 Å². The molecule has 5 nitrogen and oxygen atoms in total. The first-order valence-corrected chi connectivity index (χ1v) is 8.05. The Kier molecular flexibility index (Phi) is 4.20. The number of aliphatic carboxylic acids is 1. The summed E-state index contributed by atoms with van der Waals surface area (Å²) in [5.41, 5.74) is 2.85. The van der Waals surface area contributed by atoms with Crippen molar-refractivity contribution < 1.29 is 9.90 Å². The topological polar surface area (TPSA) is 60.0 Å². The second-order valence-corrected chi connectivity index (χ2v) is 6.05. The van der Waals surface area contributed by atoms with Crippen molar-refractivity contribution in [2.24, 2.45) is 7.05 Å². The highest BCUT2D eigenvalue weighted by Crippen LogP contribution is 2.31. The Morgan fingerprint density at radius 2 is 2.08 bits per heavy atom. The SMILES string of the molecule is CCC(=Cc1c(C)nn(C)c1-n1cc(Cl)c2ccccc21)C(=O)O. The first kappa shape index (κ1) is 16.3. The monoisotopic (exact) mass is 343 g/mol. The van der Waals surface area contributed by atoms with Crippen LogP contribution in [0.2, 0.25) is 5.02 Å². The molecule has 1 N–H and O–H groups in total. The van der Waals surface area contributed by atoms with Crippen LogP contribution in [0.15, 0.2) is 36.0 Å². The van der Waals surface area contributed by atoms with E-state index in [2.05, 4.69) is 5.10 Å². The molecule has 0 radical (unpaired) electrons. The molecule has 1 aromatic carbocycles. The fourth-order valence-electron chi connectivity index (χ4n) is 2.92. The highest BCUT2D eigenvalue weighted by Gasteiger charge is 2.18. The van der Waals surface area contributed by atoms with Crippen LogP contribution < -0.4 is 0 Å². The van der Waals surface area contributed by atoms with Crippen molar-refractivity contribution >= 4 is 34.5 Å². The van der Waals surface area contributed by atoms with Gasteiger partial charge in [0.15, 0.2) is 0 Å². The summed E-state index contributed by atoms with van der Waals surface area (Å²) in [6, 6.07) is 7.83. The number of para-hydroxylation sites is 1. The number of carboxylic acid groups (broad SMARTS) is 1. The Balaban J connectivity index is 2.31. The van der Waals surface area contributed by atoms with Crippen molar-refractivity contribution in [1.29, 1.82) is 0 Å². The van der Waals surface area contributed by atoms with Crippen molar-refractivity contribution in [2.75, 3.05) is 0 Å². The predicted molar refractivity (Wildman–Crippen MR) is 95.7 cm³/mol. The van der Waals surface area contributed by atoms with E-state index in [1.54, 1.807) is 10.8 Å². The molecule has 0 aliphatic heterocycles. The molecule has 0 atom stereocenters. The Labute approximate surface area is 144 Å². The summed E-state index contributed by atoms with van der Waals surface area (Å²) >= 11 is 6.36. The molecular formula is C18H18ClN3O2. The van der Waals surface area contributed by atoms with Gasteiger partial charge in [-0.25, -0.2) is 4.79 Å². The summed E-state index contributed by atoms with van der Waals surface area (Å²) in [7, 11) is 1.84. The van der Waals surface area contributed by atoms with Crippen LogP contribution in [0.4, 0.5) is 0 Å². The number of aryl methyl sites for hydroxylation is 2. The number of halogens is 1. The molecule has 0 saturated carbocycles. The molecule has 0 spiro atoms. The molecule has 0 bridgehead atoms. The van der Waals surface area contributed by atoms with E-state index in [-0.39, 0.29) is 0 Å². The van der Waals surface area contributed by atoms with Gasteiger partial charge < -0.3 is 5.11 Å². The van der Waals surface area contributed by atoms with Crippen molar-refractivity contribution in [3.63, 3.8) is 0 Å². The molecule has 0 saturated heterocycles. The maximum atomic E-state index is 11.4. The Hall–Kier alpha value is -2.53. The van der Waals surface area contributed by atoms with Crippen LogP contribution in [0.25, 0.3) is 22.8 Å². The largest absolute Gasteiger partial charge is 0.478 e. The molecule has 3 rings (SSSR count). The van der Waals surface area contributed by atoms with Crippen LogP contribution in [-0.4, -0.2) is 25.4 Å². The third-order valence-corrected chi connectivity index (χ3v) is 4.40. The number of carbonyl (C=O) groups is 1. The predicted octanol–water partition coefficient (Wildman–Crippen LogP) is 4.20. The number of nitrogens with zero attached hydrogens (tertiary/aromatic N) is 3. The van der Waals surface area contributed by atoms with Crippen molar-refractivity contribution in [3.8, 4) is 5.82 Å². The first-order chi connectivity index (χ1) is 11.4. The highest BCUT2D eigenvalue weighted by atomic mass is 35.5. The Morgan fingerprint density at radius 1 is 1.38 bits per heavy atom. The van der Waals surface area contributed by atoms with Gasteiger partial charge in [-0.1, -0.05) is 36.7 Å². The highest BCUT2D eigenvalue weighted by molar-refractivity contribution is 6.35. The van der Waals surface area contributed by atoms with Gasteiger partial charge in [0.05, 0.1) is 16.2 Å². The molecule has 0 fully saturated rings. The molecule has 124 valence electrons. The Morgan fingerprint density at radius 3 is 2.75 bits per heavy atom. The molecule has 0 aliphatic carbocycles. The molecule has 24 heavy (non-hydrogen) atoms. The van der Waals surface area contributed by atoms with Gasteiger partial charge in [0.2, 0.25) is 0 Å². The zero-order chi connectivity index (χ0) is 17.4. The molecule has 3 aromatic rings. The van der Waals surface area contributed by atoms with Crippen LogP contribution in [0, 0.1) is 6.92 Å². The smallest absolute Gasteiger partial charge is 0.331 e. The molecule has 0 unspecified atom stereocenters. The standard InChI is InChI=1S/C18H18ClN3O2/c1-4-12(18(23)24)9-14-11(2)20-21(3)17(14)22-10-15(19)13-7-5-6-8-16(13)22/h5-10H,4H2,1-3H3,(H,23,24). The summed E-state index contributed by atoms with van der Waals surface area (Å²) in [5, 5.41) is 15.4. The quantitative estimate of drug-likeness (QED) is 0.722. The lowest BCUT2D eigenvalue weighted by atomic mass is 10.1. The molecule has 2 aromatic heterocycles. The van der Waals surface area contributed by atoms with Gasteiger partial charge in [-0.05, 0) is 25.5 Å². The van der Waals surface area contributed by atoms with Gasteiger partial charge in [-0.2, -0.15) is 5.10 Å². The van der Waals surface area contributed by atoms with Crippen LogP contribution in [0.1, 0.15) is 24.6 Å². The minimum Gasteiger partial charge on any atom is -0.478 e. The van der Waals surface area contributed by atoms with E-state index in [0.717, 1.165) is 28.0 Å². The number of fused-ring (bicyclic) bond motifs is 1. The van der Waals surface area contributed by atoms with E-state index >= 15 is 0 Å². The van der Waals surface area contributed by atoms with Gasteiger partial charge in [-0.15, -0.1) is 0 Å². The summed E-state index contributed by atoms with van der Waals surface area (Å²) < 4.78 is 3.71. The lowest BCUT2D eigenvalue weighted by Gasteiger charge is -2.08. The average molecular weight is 344 g/mol. The maximum absolute atomic E-state index is 11.4. The molecule has 2 heterocycles. The lowest BCUT2D eigenvalue weighted by Crippen LogP contribution is -2.04. The molecular weight excluding hydrogens is 326 g/mol. The normalized spacial score (nSPS) is 12.1. The average Bonchev–Trinajstić information content (AvgIpc) is 3.01. The number of benzene rings is 1. The van der Waals surface area contributed by atoms with E-state index in [9.17, 15) is 9.90 Å². The van der Waals surface area contributed by atoms with Gasteiger partial charge in [0, 0.05) is 29.8 Å². The van der Waals surface area contributed by atoms with E-state index in [4.69, 9.17) is 11.6 Å². The number of hydrogen-bond donors (Lipinski definition) is 1. The van der Waals surface area contributed by atoms with E-state index in [1.165, 1.54) is 0 Å². The number of aromatic nitrogens is 3. The zero-order valence-electron chi connectivity index (χ0n) is 13.7. The third-order valence-electron chi connectivity index (χ3n) is 4.10. The minimum absolute atomic E-state index is 0.343. The second kappa shape index (κ2) is 6.17. The minimum atomic E-state index is -0.915. The maximum Gasteiger partial charge on any atom is 0.331 e. The number of rotatable bonds is 4. The van der Waals surface area contributed by atoms with E-state index in [0.29, 0.717) is 17.0 Å². The first-order valence-electron chi connectivity index (χ1n) is 7.67.